The zero-order valence-corrected chi connectivity index (χ0v) is 7.80. The molecule has 1 rings (SSSR count). The maximum atomic E-state index is 8.52. The molecule has 0 saturated carbocycles. The van der Waals surface area contributed by atoms with Crippen molar-refractivity contribution in [3.63, 3.8) is 0 Å². The van der Waals surface area contributed by atoms with Gasteiger partial charge in [0, 0.05) is 19.7 Å². The smallest absolute Gasteiger partial charge is 0.130 e. The highest BCUT2D eigenvalue weighted by molar-refractivity contribution is 9.10. The third-order valence-electron chi connectivity index (χ3n) is 1.27. The molecule has 0 aromatic carbocycles. The molecule has 5 heteroatoms. The molecule has 0 aliphatic heterocycles. The van der Waals surface area contributed by atoms with E-state index in [0.29, 0.717) is 6.54 Å². The fourth-order valence-electron chi connectivity index (χ4n) is 0.782. The van der Waals surface area contributed by atoms with Crippen LogP contribution in [0.2, 0.25) is 0 Å². The predicted molar refractivity (Wildman–Crippen MR) is 46.5 cm³/mol. The summed E-state index contributed by atoms with van der Waals surface area (Å²) in [5.41, 5.74) is 0. The number of aliphatic hydroxyl groups excluding tert-OH is 1. The van der Waals surface area contributed by atoms with E-state index >= 15 is 0 Å². The van der Waals surface area contributed by atoms with Crippen molar-refractivity contribution < 1.29 is 5.11 Å². The first-order chi connectivity index (χ1) is 5.24. The number of hydrogen-bond acceptors (Lipinski definition) is 3. The second kappa shape index (κ2) is 3.73. The van der Waals surface area contributed by atoms with E-state index in [1.165, 1.54) is 0 Å². The summed E-state index contributed by atoms with van der Waals surface area (Å²) >= 11 is 3.24. The zero-order chi connectivity index (χ0) is 8.27. The molecule has 0 saturated heterocycles. The van der Waals surface area contributed by atoms with Crippen LogP contribution in [0.5, 0.6) is 0 Å². The molecule has 4 nitrogen and oxygen atoms in total. The van der Waals surface area contributed by atoms with Crippen LogP contribution in [0, 0.1) is 0 Å². The van der Waals surface area contributed by atoms with E-state index in [2.05, 4.69) is 26.3 Å². The third-order valence-corrected chi connectivity index (χ3v) is 1.66. The van der Waals surface area contributed by atoms with Crippen LogP contribution < -0.4 is 5.32 Å². The molecule has 0 aliphatic carbocycles. The largest absolute Gasteiger partial charge is 0.395 e. The molecule has 1 heterocycles. The Kier molecular flexibility index (Phi) is 2.90. The molecule has 0 bridgehead atoms. The normalized spacial score (nSPS) is 10.1. The number of aliphatic hydroxyl groups is 1. The van der Waals surface area contributed by atoms with E-state index < -0.39 is 0 Å². The van der Waals surface area contributed by atoms with E-state index in [4.69, 9.17) is 5.11 Å². The van der Waals surface area contributed by atoms with E-state index in [9.17, 15) is 0 Å². The van der Waals surface area contributed by atoms with Crippen molar-refractivity contribution in [2.45, 2.75) is 0 Å². The van der Waals surface area contributed by atoms with Crippen LogP contribution in [-0.4, -0.2) is 28.0 Å². The summed E-state index contributed by atoms with van der Waals surface area (Å²) < 4.78 is 2.50. The first-order valence-corrected chi connectivity index (χ1v) is 4.07. The van der Waals surface area contributed by atoms with Gasteiger partial charge in [-0.1, -0.05) is 0 Å². The van der Waals surface area contributed by atoms with E-state index in [0.717, 1.165) is 10.4 Å². The molecule has 0 fully saturated rings. The minimum atomic E-state index is 0.128. The lowest BCUT2D eigenvalue weighted by atomic mass is 10.6. The van der Waals surface area contributed by atoms with Gasteiger partial charge in [-0.2, -0.15) is 5.10 Å². The lowest BCUT2D eigenvalue weighted by Crippen LogP contribution is -2.08. The van der Waals surface area contributed by atoms with Crippen molar-refractivity contribution in [2.24, 2.45) is 7.05 Å². The van der Waals surface area contributed by atoms with Crippen molar-refractivity contribution in [2.75, 3.05) is 18.5 Å². The number of aromatic nitrogens is 2. The second-order valence-corrected chi connectivity index (χ2v) is 2.94. The Bertz CT molecular complexity index is 236. The molecular formula is C6H10BrN3O. The molecule has 0 radical (unpaired) electrons. The van der Waals surface area contributed by atoms with Crippen LogP contribution in [0.15, 0.2) is 10.7 Å². The molecule has 2 N–H and O–H groups in total. The fraction of sp³-hybridized carbons (Fsp3) is 0.500. The summed E-state index contributed by atoms with van der Waals surface area (Å²) in [7, 11) is 1.84. The number of hydrogen-bond donors (Lipinski definition) is 2. The number of anilines is 1. The Hall–Kier alpha value is -0.550. The lowest BCUT2D eigenvalue weighted by molar-refractivity contribution is 0.311. The van der Waals surface area contributed by atoms with Crippen molar-refractivity contribution in [3.05, 3.63) is 10.7 Å². The van der Waals surface area contributed by atoms with Crippen LogP contribution >= 0.6 is 15.9 Å². The molecule has 0 spiro atoms. The molecular weight excluding hydrogens is 210 g/mol. The van der Waals surface area contributed by atoms with Crippen LogP contribution in [0.4, 0.5) is 5.82 Å². The van der Waals surface area contributed by atoms with Gasteiger partial charge in [0.1, 0.15) is 10.4 Å². The van der Waals surface area contributed by atoms with Gasteiger partial charge in [0.2, 0.25) is 0 Å². The van der Waals surface area contributed by atoms with E-state index in [-0.39, 0.29) is 6.61 Å². The Balaban J connectivity index is 2.62. The van der Waals surface area contributed by atoms with Crippen LogP contribution in [0.3, 0.4) is 0 Å². The molecule has 0 atom stereocenters. The maximum Gasteiger partial charge on any atom is 0.130 e. The van der Waals surface area contributed by atoms with Gasteiger partial charge in [-0.15, -0.1) is 0 Å². The van der Waals surface area contributed by atoms with Crippen LogP contribution in [-0.2, 0) is 7.05 Å². The molecule has 1 aromatic rings. The fourth-order valence-corrected chi connectivity index (χ4v) is 1.24. The quantitative estimate of drug-likeness (QED) is 0.783. The van der Waals surface area contributed by atoms with Gasteiger partial charge in [-0.3, -0.25) is 4.68 Å². The van der Waals surface area contributed by atoms with Gasteiger partial charge in [-0.05, 0) is 15.9 Å². The Morgan fingerprint density at radius 2 is 2.55 bits per heavy atom. The van der Waals surface area contributed by atoms with E-state index in [1.54, 1.807) is 4.68 Å². The number of nitrogens with zero attached hydrogens (tertiary/aromatic N) is 2. The molecule has 62 valence electrons. The van der Waals surface area contributed by atoms with Crippen molar-refractivity contribution in [1.29, 1.82) is 0 Å². The lowest BCUT2D eigenvalue weighted by Gasteiger charge is -2.02. The number of halogens is 1. The van der Waals surface area contributed by atoms with Gasteiger partial charge >= 0.3 is 0 Å². The highest BCUT2D eigenvalue weighted by Gasteiger charge is 1.99. The topological polar surface area (TPSA) is 50.1 Å². The molecule has 0 unspecified atom stereocenters. The van der Waals surface area contributed by atoms with Gasteiger partial charge in [0.25, 0.3) is 0 Å². The summed E-state index contributed by atoms with van der Waals surface area (Å²) in [6.07, 6.45) is 0. The second-order valence-electron chi connectivity index (χ2n) is 2.13. The third kappa shape index (κ3) is 2.20. The van der Waals surface area contributed by atoms with Crippen LogP contribution in [0.1, 0.15) is 0 Å². The highest BCUT2D eigenvalue weighted by atomic mass is 79.9. The minimum Gasteiger partial charge on any atom is -0.395 e. The average Bonchev–Trinajstić information content (AvgIpc) is 2.26. The zero-order valence-electron chi connectivity index (χ0n) is 6.21. The standard InChI is InChI=1S/C6H10BrN3O/c1-10-6(8-2-3-11)4-5(7)9-10/h4,8,11H,2-3H2,1H3. The SMILES string of the molecule is Cn1nc(Br)cc1NCCO. The van der Waals surface area contributed by atoms with Crippen LogP contribution in [0.25, 0.3) is 0 Å². The Labute approximate surface area is 73.3 Å². The summed E-state index contributed by atoms with van der Waals surface area (Å²) in [5, 5.41) is 15.6. The number of rotatable bonds is 3. The summed E-state index contributed by atoms with van der Waals surface area (Å²) in [4.78, 5) is 0. The summed E-state index contributed by atoms with van der Waals surface area (Å²) in [6, 6.07) is 1.86. The number of aryl methyl sites for hydroxylation is 1. The average molecular weight is 220 g/mol. The van der Waals surface area contributed by atoms with Crippen molar-refractivity contribution >= 4 is 21.7 Å². The number of nitrogens with one attached hydrogen (secondary N) is 1. The van der Waals surface area contributed by atoms with Gasteiger partial charge < -0.3 is 10.4 Å². The maximum absolute atomic E-state index is 8.52. The van der Waals surface area contributed by atoms with Gasteiger partial charge in [0.05, 0.1) is 6.61 Å². The molecule has 0 amide bonds. The first-order valence-electron chi connectivity index (χ1n) is 3.28. The minimum absolute atomic E-state index is 0.128. The highest BCUT2D eigenvalue weighted by Crippen LogP contribution is 2.13. The Morgan fingerprint density at radius 3 is 3.00 bits per heavy atom. The van der Waals surface area contributed by atoms with E-state index in [1.807, 2.05) is 13.1 Å². The monoisotopic (exact) mass is 219 g/mol. The molecule has 11 heavy (non-hydrogen) atoms. The first kappa shape index (κ1) is 8.55. The van der Waals surface area contributed by atoms with Crippen molar-refractivity contribution in [3.8, 4) is 0 Å². The van der Waals surface area contributed by atoms with Gasteiger partial charge in [0.15, 0.2) is 0 Å². The summed E-state index contributed by atoms with van der Waals surface area (Å²) in [5.74, 6) is 0.894. The summed E-state index contributed by atoms with van der Waals surface area (Å²) in [6.45, 7) is 0.675. The molecule has 1 aromatic heterocycles. The predicted octanol–water partition coefficient (Wildman–Crippen LogP) is 0.587. The Morgan fingerprint density at radius 1 is 1.82 bits per heavy atom. The molecule has 0 aliphatic rings. The van der Waals surface area contributed by atoms with Crippen molar-refractivity contribution in [1.82, 2.24) is 9.78 Å². The van der Waals surface area contributed by atoms with Gasteiger partial charge in [-0.25, -0.2) is 0 Å².